The molecule has 5 nitrogen and oxygen atoms in total. The average molecular weight is 275 g/mol. The molecular weight excluding hydrogens is 264 g/mol. The normalized spacial score (nSPS) is 11.1. The predicted molar refractivity (Wildman–Crippen MR) is 72.9 cm³/mol. The molecule has 3 aromatic heterocycles. The van der Waals surface area contributed by atoms with Gasteiger partial charge in [0.05, 0.1) is 11.6 Å². The van der Waals surface area contributed by atoms with Crippen molar-refractivity contribution in [1.29, 1.82) is 0 Å². The van der Waals surface area contributed by atoms with Crippen molar-refractivity contribution < 1.29 is 5.11 Å². The van der Waals surface area contributed by atoms with Gasteiger partial charge < -0.3 is 9.67 Å². The first kappa shape index (κ1) is 12.1. The van der Waals surface area contributed by atoms with Gasteiger partial charge >= 0.3 is 0 Å². The van der Waals surface area contributed by atoms with E-state index in [9.17, 15) is 5.11 Å². The van der Waals surface area contributed by atoms with Crippen molar-refractivity contribution in [3.63, 3.8) is 0 Å². The SMILES string of the molecule is OCCn1c(-c2ccncc2)nc2cc(Cl)cnc21. The summed E-state index contributed by atoms with van der Waals surface area (Å²) in [6.07, 6.45) is 4.99. The Morgan fingerprint density at radius 2 is 2.05 bits per heavy atom. The van der Waals surface area contributed by atoms with Gasteiger partial charge in [-0.05, 0) is 18.2 Å². The average Bonchev–Trinajstić information content (AvgIpc) is 2.78. The largest absolute Gasteiger partial charge is 0.395 e. The summed E-state index contributed by atoms with van der Waals surface area (Å²) in [5, 5.41) is 9.75. The summed E-state index contributed by atoms with van der Waals surface area (Å²) in [5.74, 6) is 0.751. The van der Waals surface area contributed by atoms with Crippen molar-refractivity contribution in [2.24, 2.45) is 0 Å². The van der Waals surface area contributed by atoms with Gasteiger partial charge in [-0.15, -0.1) is 0 Å². The molecule has 6 heteroatoms. The lowest BCUT2D eigenvalue weighted by Crippen LogP contribution is -2.05. The topological polar surface area (TPSA) is 63.8 Å². The van der Waals surface area contributed by atoms with Crippen LogP contribution in [-0.4, -0.2) is 31.2 Å². The van der Waals surface area contributed by atoms with Crippen LogP contribution in [0.4, 0.5) is 0 Å². The van der Waals surface area contributed by atoms with Gasteiger partial charge in [0.1, 0.15) is 11.3 Å². The Bertz CT molecular complexity index is 711. The molecule has 0 fully saturated rings. The van der Waals surface area contributed by atoms with Crippen LogP contribution in [0.5, 0.6) is 0 Å². The summed E-state index contributed by atoms with van der Waals surface area (Å²) in [6, 6.07) is 5.51. The van der Waals surface area contributed by atoms with Crippen molar-refractivity contribution >= 4 is 22.8 Å². The standard InChI is InChI=1S/C13H11ClN4O/c14-10-7-11-13(16-8-10)18(5-6-19)12(17-11)9-1-3-15-4-2-9/h1-4,7-8,19H,5-6H2. The Morgan fingerprint density at radius 1 is 1.26 bits per heavy atom. The van der Waals surface area contributed by atoms with Gasteiger partial charge in [-0.25, -0.2) is 9.97 Å². The Hall–Kier alpha value is -1.98. The molecule has 0 radical (unpaired) electrons. The molecular formula is C13H11ClN4O. The summed E-state index contributed by atoms with van der Waals surface area (Å²) in [4.78, 5) is 12.8. The number of aliphatic hydroxyl groups is 1. The quantitative estimate of drug-likeness (QED) is 0.795. The molecule has 96 valence electrons. The molecule has 0 bridgehead atoms. The first-order valence-corrected chi connectivity index (χ1v) is 6.20. The minimum atomic E-state index is 0.0217. The number of hydrogen-bond acceptors (Lipinski definition) is 4. The zero-order valence-electron chi connectivity index (χ0n) is 9.99. The highest BCUT2D eigenvalue weighted by molar-refractivity contribution is 6.31. The van der Waals surface area contributed by atoms with E-state index in [-0.39, 0.29) is 6.61 Å². The van der Waals surface area contributed by atoms with E-state index >= 15 is 0 Å². The summed E-state index contributed by atoms with van der Waals surface area (Å²) in [6.45, 7) is 0.455. The maximum atomic E-state index is 9.21. The van der Waals surface area contributed by atoms with Gasteiger partial charge in [0, 0.05) is 30.7 Å². The minimum Gasteiger partial charge on any atom is -0.395 e. The zero-order valence-corrected chi connectivity index (χ0v) is 10.7. The molecule has 0 amide bonds. The van der Waals surface area contributed by atoms with E-state index in [0.29, 0.717) is 22.7 Å². The molecule has 19 heavy (non-hydrogen) atoms. The molecule has 0 aliphatic carbocycles. The summed E-state index contributed by atoms with van der Waals surface area (Å²) >= 11 is 5.93. The molecule has 0 saturated heterocycles. The first-order valence-electron chi connectivity index (χ1n) is 5.82. The highest BCUT2D eigenvalue weighted by atomic mass is 35.5. The third kappa shape index (κ3) is 2.18. The number of nitrogens with zero attached hydrogens (tertiary/aromatic N) is 4. The van der Waals surface area contributed by atoms with Crippen LogP contribution < -0.4 is 0 Å². The summed E-state index contributed by atoms with van der Waals surface area (Å²) in [5.41, 5.74) is 2.36. The predicted octanol–water partition coefficient (Wildman–Crippen LogP) is 2.14. The molecule has 0 aliphatic heterocycles. The molecule has 3 heterocycles. The van der Waals surface area contributed by atoms with E-state index in [1.807, 2.05) is 16.7 Å². The second-order valence-electron chi connectivity index (χ2n) is 4.04. The monoisotopic (exact) mass is 274 g/mol. The molecule has 3 rings (SSSR count). The van der Waals surface area contributed by atoms with E-state index in [1.54, 1.807) is 24.7 Å². The number of rotatable bonds is 3. The van der Waals surface area contributed by atoms with Crippen LogP contribution in [0.25, 0.3) is 22.6 Å². The fourth-order valence-electron chi connectivity index (χ4n) is 2.02. The van der Waals surface area contributed by atoms with Gasteiger partial charge in [0.25, 0.3) is 0 Å². The van der Waals surface area contributed by atoms with E-state index in [1.165, 1.54) is 0 Å². The highest BCUT2D eigenvalue weighted by Crippen LogP contribution is 2.24. The number of fused-ring (bicyclic) bond motifs is 1. The van der Waals surface area contributed by atoms with Gasteiger partial charge in [-0.3, -0.25) is 4.98 Å². The molecule has 1 N–H and O–H groups in total. The van der Waals surface area contributed by atoms with Crippen LogP contribution >= 0.6 is 11.6 Å². The zero-order chi connectivity index (χ0) is 13.2. The van der Waals surface area contributed by atoms with Crippen LogP contribution in [-0.2, 0) is 6.54 Å². The molecule has 0 saturated carbocycles. The molecule has 0 atom stereocenters. The Labute approximate surface area is 114 Å². The second kappa shape index (κ2) is 4.95. The van der Waals surface area contributed by atoms with Crippen molar-refractivity contribution in [1.82, 2.24) is 19.5 Å². The Kier molecular flexibility index (Phi) is 3.15. The maximum Gasteiger partial charge on any atom is 0.160 e. The van der Waals surface area contributed by atoms with E-state index in [2.05, 4.69) is 15.0 Å². The smallest absolute Gasteiger partial charge is 0.160 e. The van der Waals surface area contributed by atoms with Crippen LogP contribution in [0.2, 0.25) is 5.02 Å². The lowest BCUT2D eigenvalue weighted by atomic mass is 10.2. The minimum absolute atomic E-state index is 0.0217. The van der Waals surface area contributed by atoms with E-state index in [0.717, 1.165) is 11.4 Å². The van der Waals surface area contributed by atoms with Crippen molar-refractivity contribution in [3.05, 3.63) is 41.8 Å². The van der Waals surface area contributed by atoms with Crippen LogP contribution in [0, 0.1) is 0 Å². The summed E-state index contributed by atoms with van der Waals surface area (Å²) in [7, 11) is 0. The van der Waals surface area contributed by atoms with Crippen molar-refractivity contribution in [2.75, 3.05) is 6.61 Å². The number of halogens is 1. The number of pyridine rings is 2. The first-order chi connectivity index (χ1) is 9.29. The fraction of sp³-hybridized carbons (Fsp3) is 0.154. The lowest BCUT2D eigenvalue weighted by Gasteiger charge is -2.06. The molecule has 0 aromatic carbocycles. The highest BCUT2D eigenvalue weighted by Gasteiger charge is 2.13. The van der Waals surface area contributed by atoms with Crippen molar-refractivity contribution in [3.8, 4) is 11.4 Å². The lowest BCUT2D eigenvalue weighted by molar-refractivity contribution is 0.278. The molecule has 0 unspecified atom stereocenters. The number of aromatic nitrogens is 4. The second-order valence-corrected chi connectivity index (χ2v) is 4.48. The third-order valence-corrected chi connectivity index (χ3v) is 3.02. The molecule has 3 aromatic rings. The van der Waals surface area contributed by atoms with Crippen LogP contribution in [0.15, 0.2) is 36.8 Å². The van der Waals surface area contributed by atoms with E-state index < -0.39 is 0 Å². The van der Waals surface area contributed by atoms with Gasteiger partial charge in [-0.1, -0.05) is 11.6 Å². The molecule has 0 spiro atoms. The van der Waals surface area contributed by atoms with Gasteiger partial charge in [0.2, 0.25) is 0 Å². The number of aliphatic hydroxyl groups excluding tert-OH is 1. The van der Waals surface area contributed by atoms with Crippen LogP contribution in [0.3, 0.4) is 0 Å². The fourth-order valence-corrected chi connectivity index (χ4v) is 2.17. The Morgan fingerprint density at radius 3 is 2.79 bits per heavy atom. The number of imidazole rings is 1. The summed E-state index contributed by atoms with van der Waals surface area (Å²) < 4.78 is 1.88. The van der Waals surface area contributed by atoms with Crippen molar-refractivity contribution in [2.45, 2.75) is 6.54 Å². The number of hydrogen-bond donors (Lipinski definition) is 1. The third-order valence-electron chi connectivity index (χ3n) is 2.81. The van der Waals surface area contributed by atoms with Crippen LogP contribution in [0.1, 0.15) is 0 Å². The van der Waals surface area contributed by atoms with E-state index in [4.69, 9.17) is 11.6 Å². The molecule has 0 aliphatic rings. The van der Waals surface area contributed by atoms with Gasteiger partial charge in [0.15, 0.2) is 5.65 Å². The van der Waals surface area contributed by atoms with Gasteiger partial charge in [-0.2, -0.15) is 0 Å². The Balaban J connectivity index is 2.26. The maximum absolute atomic E-state index is 9.21.